The van der Waals surface area contributed by atoms with E-state index in [0.29, 0.717) is 44.4 Å². The van der Waals surface area contributed by atoms with E-state index in [4.69, 9.17) is 4.42 Å². The van der Waals surface area contributed by atoms with Crippen LogP contribution in [0.3, 0.4) is 0 Å². The molecule has 1 aromatic carbocycles. The molecule has 1 aliphatic heterocycles. The number of piperazine rings is 1. The molecular weight excluding hydrogens is 373 g/mol. The molecule has 0 aliphatic carbocycles. The number of halogens is 1. The number of aromatic nitrogens is 2. The molecule has 3 aromatic rings. The van der Waals surface area contributed by atoms with Crippen molar-refractivity contribution in [3.05, 3.63) is 72.1 Å². The fourth-order valence-electron chi connectivity index (χ4n) is 3.27. The first-order valence-electron chi connectivity index (χ1n) is 9.58. The van der Waals surface area contributed by atoms with Crippen molar-refractivity contribution >= 4 is 17.7 Å². The predicted molar refractivity (Wildman–Crippen MR) is 107 cm³/mol. The first-order valence-corrected chi connectivity index (χ1v) is 9.58. The van der Waals surface area contributed by atoms with Gasteiger partial charge in [-0.05, 0) is 42.3 Å². The minimum atomic E-state index is -0.233. The summed E-state index contributed by atoms with van der Waals surface area (Å²) in [6.45, 7) is 3.26. The molecule has 0 spiro atoms. The predicted octanol–water partition coefficient (Wildman–Crippen LogP) is 2.83. The van der Waals surface area contributed by atoms with Crippen molar-refractivity contribution in [2.45, 2.75) is 6.42 Å². The molecule has 1 aliphatic rings. The van der Waals surface area contributed by atoms with Crippen LogP contribution in [0.25, 0.3) is 0 Å². The van der Waals surface area contributed by atoms with E-state index < -0.39 is 0 Å². The van der Waals surface area contributed by atoms with Crippen LogP contribution in [-0.2, 0) is 6.42 Å². The summed E-state index contributed by atoms with van der Waals surface area (Å²) in [5, 5.41) is 3.21. The second-order valence-electron chi connectivity index (χ2n) is 6.80. The van der Waals surface area contributed by atoms with Gasteiger partial charge in [-0.2, -0.15) is 4.98 Å². The number of hydrogen-bond donors (Lipinski definition) is 1. The Kier molecular flexibility index (Phi) is 5.69. The average Bonchev–Trinajstić information content (AvgIpc) is 3.30. The van der Waals surface area contributed by atoms with Crippen molar-refractivity contribution < 1.29 is 13.6 Å². The van der Waals surface area contributed by atoms with Crippen molar-refractivity contribution in [2.75, 3.05) is 42.9 Å². The van der Waals surface area contributed by atoms with Crippen molar-refractivity contribution in [3.63, 3.8) is 0 Å². The van der Waals surface area contributed by atoms with Crippen LogP contribution in [0.15, 0.2) is 59.3 Å². The summed E-state index contributed by atoms with van der Waals surface area (Å²) < 4.78 is 18.2. The van der Waals surface area contributed by atoms with Crippen molar-refractivity contribution in [1.29, 1.82) is 0 Å². The van der Waals surface area contributed by atoms with Gasteiger partial charge in [-0.1, -0.05) is 12.1 Å². The smallest absolute Gasteiger partial charge is 0.289 e. The maximum Gasteiger partial charge on any atom is 0.289 e. The maximum absolute atomic E-state index is 13.0. The lowest BCUT2D eigenvalue weighted by Crippen LogP contribution is -2.49. The zero-order chi connectivity index (χ0) is 20.1. The summed E-state index contributed by atoms with van der Waals surface area (Å²) >= 11 is 0. The quantitative estimate of drug-likeness (QED) is 0.692. The van der Waals surface area contributed by atoms with Gasteiger partial charge >= 0.3 is 0 Å². The number of amides is 1. The van der Waals surface area contributed by atoms with E-state index in [1.165, 1.54) is 18.4 Å². The normalized spacial score (nSPS) is 14.1. The molecule has 1 fully saturated rings. The molecule has 1 saturated heterocycles. The number of furan rings is 1. The van der Waals surface area contributed by atoms with Crippen LogP contribution in [0.1, 0.15) is 16.1 Å². The minimum Gasteiger partial charge on any atom is -0.459 e. The van der Waals surface area contributed by atoms with Gasteiger partial charge in [-0.25, -0.2) is 9.37 Å². The van der Waals surface area contributed by atoms with Gasteiger partial charge in [0.1, 0.15) is 11.6 Å². The van der Waals surface area contributed by atoms with E-state index >= 15 is 0 Å². The van der Waals surface area contributed by atoms with E-state index in [-0.39, 0.29) is 11.7 Å². The number of carbonyl (C=O) groups is 1. The number of benzene rings is 1. The van der Waals surface area contributed by atoms with E-state index in [2.05, 4.69) is 20.2 Å². The summed E-state index contributed by atoms with van der Waals surface area (Å²) in [4.78, 5) is 25.2. The topological polar surface area (TPSA) is 74.5 Å². The van der Waals surface area contributed by atoms with Gasteiger partial charge in [0.05, 0.1) is 6.26 Å². The number of nitrogens with one attached hydrogen (secondary N) is 1. The van der Waals surface area contributed by atoms with Gasteiger partial charge in [0.25, 0.3) is 5.91 Å². The maximum atomic E-state index is 13.0. The Balaban J connectivity index is 1.29. The van der Waals surface area contributed by atoms with Crippen LogP contribution in [-0.4, -0.2) is 53.5 Å². The van der Waals surface area contributed by atoms with E-state index in [0.717, 1.165) is 17.8 Å². The van der Waals surface area contributed by atoms with Gasteiger partial charge in [-0.15, -0.1) is 0 Å². The molecule has 2 aromatic heterocycles. The number of anilines is 2. The molecule has 0 unspecified atom stereocenters. The molecule has 7 nitrogen and oxygen atoms in total. The van der Waals surface area contributed by atoms with Crippen LogP contribution in [0.4, 0.5) is 16.2 Å². The Bertz CT molecular complexity index is 938. The highest BCUT2D eigenvalue weighted by molar-refractivity contribution is 5.91. The van der Waals surface area contributed by atoms with Crippen molar-refractivity contribution in [2.24, 2.45) is 0 Å². The molecule has 3 heterocycles. The largest absolute Gasteiger partial charge is 0.459 e. The minimum absolute atomic E-state index is 0.0829. The molecule has 1 N–H and O–H groups in total. The third-order valence-corrected chi connectivity index (χ3v) is 4.87. The molecule has 0 atom stereocenters. The zero-order valence-corrected chi connectivity index (χ0v) is 15.9. The molecule has 0 bridgehead atoms. The molecule has 1 amide bonds. The van der Waals surface area contributed by atoms with E-state index in [1.807, 2.05) is 6.07 Å². The third kappa shape index (κ3) is 4.71. The van der Waals surface area contributed by atoms with Gasteiger partial charge in [0.2, 0.25) is 5.95 Å². The standard InChI is InChI=1S/C21H22FN5O2/c22-17-5-3-16(4-6-17)7-9-23-21-24-10-8-19(25-21)26-11-13-27(14-12-26)20(28)18-2-1-15-29-18/h1-6,8,10,15H,7,9,11-14H2,(H,23,24,25). The Labute approximate surface area is 168 Å². The summed E-state index contributed by atoms with van der Waals surface area (Å²) in [6, 6.07) is 11.7. The second-order valence-corrected chi connectivity index (χ2v) is 6.80. The first kappa shape index (κ1) is 18.9. The lowest BCUT2D eigenvalue weighted by Gasteiger charge is -2.35. The fourth-order valence-corrected chi connectivity index (χ4v) is 3.27. The van der Waals surface area contributed by atoms with Crippen LogP contribution >= 0.6 is 0 Å². The van der Waals surface area contributed by atoms with E-state index in [9.17, 15) is 9.18 Å². The highest BCUT2D eigenvalue weighted by Crippen LogP contribution is 2.16. The van der Waals surface area contributed by atoms with Gasteiger partial charge in [0.15, 0.2) is 5.76 Å². The number of rotatable bonds is 6. The highest BCUT2D eigenvalue weighted by atomic mass is 19.1. The number of nitrogens with zero attached hydrogens (tertiary/aromatic N) is 4. The van der Waals surface area contributed by atoms with Crippen LogP contribution in [0, 0.1) is 5.82 Å². The average molecular weight is 395 g/mol. The fraction of sp³-hybridized carbons (Fsp3) is 0.286. The van der Waals surface area contributed by atoms with Gasteiger partial charge < -0.3 is 19.5 Å². The Morgan fingerprint density at radius 1 is 1.10 bits per heavy atom. The van der Waals surface area contributed by atoms with Crippen LogP contribution in [0.5, 0.6) is 0 Å². The van der Waals surface area contributed by atoms with Crippen LogP contribution < -0.4 is 10.2 Å². The third-order valence-electron chi connectivity index (χ3n) is 4.87. The summed E-state index contributed by atoms with van der Waals surface area (Å²) in [6.07, 6.45) is 3.99. The number of hydrogen-bond acceptors (Lipinski definition) is 6. The molecule has 0 saturated carbocycles. The van der Waals surface area contributed by atoms with E-state index in [1.54, 1.807) is 35.4 Å². The summed E-state index contributed by atoms with van der Waals surface area (Å²) in [7, 11) is 0. The molecule has 8 heteroatoms. The summed E-state index contributed by atoms with van der Waals surface area (Å²) in [5.74, 6) is 1.44. The second kappa shape index (κ2) is 8.72. The SMILES string of the molecule is O=C(c1ccco1)N1CCN(c2ccnc(NCCc3ccc(F)cc3)n2)CC1. The summed E-state index contributed by atoms with van der Waals surface area (Å²) in [5.41, 5.74) is 1.05. The first-order chi connectivity index (χ1) is 14.2. The molecule has 150 valence electrons. The Morgan fingerprint density at radius 3 is 2.62 bits per heavy atom. The van der Waals surface area contributed by atoms with Gasteiger partial charge in [-0.3, -0.25) is 4.79 Å². The lowest BCUT2D eigenvalue weighted by atomic mass is 10.1. The zero-order valence-electron chi connectivity index (χ0n) is 15.9. The lowest BCUT2D eigenvalue weighted by molar-refractivity contribution is 0.0714. The molecular formula is C21H22FN5O2. The van der Waals surface area contributed by atoms with Crippen LogP contribution in [0.2, 0.25) is 0 Å². The monoisotopic (exact) mass is 395 g/mol. The number of carbonyl (C=O) groups excluding carboxylic acids is 1. The molecule has 4 rings (SSSR count). The molecule has 0 radical (unpaired) electrons. The Hall–Kier alpha value is -3.42. The van der Waals surface area contributed by atoms with Crippen molar-refractivity contribution in [1.82, 2.24) is 14.9 Å². The highest BCUT2D eigenvalue weighted by Gasteiger charge is 2.24. The Morgan fingerprint density at radius 2 is 1.90 bits per heavy atom. The molecule has 29 heavy (non-hydrogen) atoms. The van der Waals surface area contributed by atoms with Gasteiger partial charge in [0, 0.05) is 38.9 Å². The van der Waals surface area contributed by atoms with Crippen molar-refractivity contribution in [3.8, 4) is 0 Å².